The normalized spacial score (nSPS) is 11.9. The summed E-state index contributed by atoms with van der Waals surface area (Å²) in [7, 11) is 0. The molecule has 0 heterocycles. The number of hydrogen-bond donors (Lipinski definition) is 3. The zero-order valence-corrected chi connectivity index (χ0v) is 10.6. The van der Waals surface area contributed by atoms with E-state index in [1.165, 1.54) is 19.1 Å². The Kier molecular flexibility index (Phi) is 4.11. The molecule has 86 valence electrons. The van der Waals surface area contributed by atoms with Crippen LogP contribution in [0.1, 0.15) is 17.3 Å². The number of amides is 1. The number of phenols is 1. The van der Waals surface area contributed by atoms with E-state index in [9.17, 15) is 14.7 Å². The molecule has 0 aliphatic heterocycles. The molecule has 0 fully saturated rings. The first-order valence-corrected chi connectivity index (χ1v) is 5.52. The third-order valence-electron chi connectivity index (χ3n) is 1.93. The monoisotopic (exact) mass is 335 g/mol. The average Bonchev–Trinajstić information content (AvgIpc) is 2.21. The van der Waals surface area contributed by atoms with Crippen molar-refractivity contribution in [2.75, 3.05) is 0 Å². The van der Waals surface area contributed by atoms with E-state index < -0.39 is 17.9 Å². The molecule has 0 bridgehead atoms. The van der Waals surface area contributed by atoms with E-state index >= 15 is 0 Å². The second-order valence-electron chi connectivity index (χ2n) is 3.20. The number of aliphatic carboxylic acids is 1. The van der Waals surface area contributed by atoms with Crippen LogP contribution in [0.3, 0.4) is 0 Å². The van der Waals surface area contributed by atoms with Crippen LogP contribution < -0.4 is 5.32 Å². The van der Waals surface area contributed by atoms with Crippen LogP contribution in [-0.4, -0.2) is 28.1 Å². The fourth-order valence-electron chi connectivity index (χ4n) is 0.996. The predicted molar refractivity (Wildman–Crippen MR) is 65.4 cm³/mol. The molecule has 0 aromatic heterocycles. The van der Waals surface area contributed by atoms with E-state index in [0.717, 1.165) is 0 Å². The van der Waals surface area contributed by atoms with E-state index in [0.29, 0.717) is 3.57 Å². The van der Waals surface area contributed by atoms with Gasteiger partial charge in [0.25, 0.3) is 5.91 Å². The SMILES string of the molecule is CC(NC(=O)c1ccc(I)c(O)c1)C(=O)O. The van der Waals surface area contributed by atoms with Crippen molar-refractivity contribution in [2.24, 2.45) is 0 Å². The number of rotatable bonds is 3. The van der Waals surface area contributed by atoms with E-state index in [4.69, 9.17) is 5.11 Å². The Morgan fingerprint density at radius 1 is 1.44 bits per heavy atom. The summed E-state index contributed by atoms with van der Waals surface area (Å²) in [6.07, 6.45) is 0. The number of hydrogen-bond acceptors (Lipinski definition) is 3. The Morgan fingerprint density at radius 3 is 2.56 bits per heavy atom. The van der Waals surface area contributed by atoms with Gasteiger partial charge in [-0.25, -0.2) is 0 Å². The summed E-state index contributed by atoms with van der Waals surface area (Å²) in [6.45, 7) is 1.37. The van der Waals surface area contributed by atoms with E-state index in [2.05, 4.69) is 5.32 Å². The maximum atomic E-state index is 11.5. The number of nitrogens with one attached hydrogen (secondary N) is 1. The molecular weight excluding hydrogens is 325 g/mol. The Balaban J connectivity index is 2.81. The van der Waals surface area contributed by atoms with E-state index in [-0.39, 0.29) is 11.3 Å². The molecule has 0 saturated carbocycles. The first kappa shape index (κ1) is 12.8. The van der Waals surface area contributed by atoms with Crippen molar-refractivity contribution in [3.63, 3.8) is 0 Å². The number of aromatic hydroxyl groups is 1. The Morgan fingerprint density at radius 2 is 2.06 bits per heavy atom. The Bertz CT molecular complexity index is 433. The molecule has 0 aliphatic carbocycles. The minimum absolute atomic E-state index is 0.00349. The van der Waals surface area contributed by atoms with Gasteiger partial charge in [0.15, 0.2) is 0 Å². The molecule has 1 rings (SSSR count). The predicted octanol–water partition coefficient (Wildman–Crippen LogP) is 1.20. The number of halogens is 1. The Hall–Kier alpha value is -1.31. The Labute approximate surface area is 106 Å². The maximum Gasteiger partial charge on any atom is 0.325 e. The van der Waals surface area contributed by atoms with E-state index in [1.807, 2.05) is 22.6 Å². The summed E-state index contributed by atoms with van der Waals surface area (Å²) in [6, 6.07) is 3.43. The van der Waals surface area contributed by atoms with Gasteiger partial charge in [-0.1, -0.05) is 0 Å². The topological polar surface area (TPSA) is 86.6 Å². The number of carbonyl (C=O) groups excluding carboxylic acids is 1. The number of phenolic OH excluding ortho intramolecular Hbond substituents is 1. The largest absolute Gasteiger partial charge is 0.507 e. The summed E-state index contributed by atoms with van der Waals surface area (Å²) in [5.74, 6) is -1.64. The fraction of sp³-hybridized carbons (Fsp3) is 0.200. The third kappa shape index (κ3) is 3.09. The molecule has 1 aromatic rings. The van der Waals surface area contributed by atoms with Crippen LogP contribution in [0.2, 0.25) is 0 Å². The van der Waals surface area contributed by atoms with Crippen LogP contribution >= 0.6 is 22.6 Å². The first-order chi connectivity index (χ1) is 7.41. The minimum Gasteiger partial charge on any atom is -0.507 e. The van der Waals surface area contributed by atoms with Gasteiger partial charge >= 0.3 is 5.97 Å². The molecule has 0 spiro atoms. The second-order valence-corrected chi connectivity index (χ2v) is 4.36. The molecular formula is C10H10INO4. The second kappa shape index (κ2) is 5.15. The van der Waals surface area contributed by atoms with Gasteiger partial charge in [0.05, 0.1) is 3.57 Å². The lowest BCUT2D eigenvalue weighted by molar-refractivity contribution is -0.138. The molecule has 3 N–H and O–H groups in total. The number of carbonyl (C=O) groups is 2. The van der Waals surface area contributed by atoms with Crippen LogP contribution in [0.25, 0.3) is 0 Å². The van der Waals surface area contributed by atoms with Crippen LogP contribution in [0.4, 0.5) is 0 Å². The van der Waals surface area contributed by atoms with Gasteiger partial charge in [-0.15, -0.1) is 0 Å². The molecule has 1 unspecified atom stereocenters. The minimum atomic E-state index is -1.11. The highest BCUT2D eigenvalue weighted by Crippen LogP contribution is 2.20. The number of benzene rings is 1. The zero-order chi connectivity index (χ0) is 12.3. The van der Waals surface area contributed by atoms with Gasteiger partial charge < -0.3 is 15.5 Å². The number of carboxylic acid groups (broad SMARTS) is 1. The van der Waals surface area contributed by atoms with Crippen molar-refractivity contribution >= 4 is 34.5 Å². The third-order valence-corrected chi connectivity index (χ3v) is 2.84. The van der Waals surface area contributed by atoms with Crippen molar-refractivity contribution in [3.8, 4) is 5.75 Å². The summed E-state index contributed by atoms with van der Waals surface area (Å²) in [4.78, 5) is 22.1. The highest BCUT2D eigenvalue weighted by molar-refractivity contribution is 14.1. The van der Waals surface area contributed by atoms with Gasteiger partial charge in [-0.3, -0.25) is 9.59 Å². The molecule has 0 radical (unpaired) electrons. The fourth-order valence-corrected chi connectivity index (χ4v) is 1.33. The van der Waals surface area contributed by atoms with Gasteiger partial charge in [-0.05, 0) is 47.7 Å². The molecule has 1 aromatic carbocycles. The summed E-state index contributed by atoms with van der Waals surface area (Å²) in [5, 5.41) is 20.3. The maximum absolute atomic E-state index is 11.5. The molecule has 5 nitrogen and oxygen atoms in total. The van der Waals surface area contributed by atoms with Gasteiger partial charge in [-0.2, -0.15) is 0 Å². The van der Waals surface area contributed by atoms with Crippen LogP contribution in [-0.2, 0) is 4.79 Å². The molecule has 1 atom stereocenters. The lowest BCUT2D eigenvalue weighted by Gasteiger charge is -2.09. The van der Waals surface area contributed by atoms with E-state index in [1.54, 1.807) is 6.07 Å². The lowest BCUT2D eigenvalue weighted by Crippen LogP contribution is -2.38. The van der Waals surface area contributed by atoms with Crippen molar-refractivity contribution < 1.29 is 19.8 Å². The average molecular weight is 335 g/mol. The number of carboxylic acids is 1. The van der Waals surface area contributed by atoms with Gasteiger partial charge in [0, 0.05) is 5.56 Å². The molecule has 0 aliphatic rings. The van der Waals surface area contributed by atoms with Gasteiger partial charge in [0.2, 0.25) is 0 Å². The molecule has 1 amide bonds. The lowest BCUT2D eigenvalue weighted by atomic mass is 10.2. The van der Waals surface area contributed by atoms with Crippen LogP contribution in [0, 0.1) is 3.57 Å². The molecule has 0 saturated heterocycles. The highest BCUT2D eigenvalue weighted by atomic mass is 127. The standard InChI is InChI=1S/C10H10INO4/c1-5(10(15)16)12-9(14)6-2-3-7(11)8(13)4-6/h2-5,13H,1H3,(H,12,14)(H,15,16). The van der Waals surface area contributed by atoms with Crippen molar-refractivity contribution in [1.29, 1.82) is 0 Å². The van der Waals surface area contributed by atoms with Crippen molar-refractivity contribution in [1.82, 2.24) is 5.32 Å². The highest BCUT2D eigenvalue weighted by Gasteiger charge is 2.15. The van der Waals surface area contributed by atoms with Crippen molar-refractivity contribution in [3.05, 3.63) is 27.3 Å². The van der Waals surface area contributed by atoms with Crippen LogP contribution in [0.5, 0.6) is 5.75 Å². The zero-order valence-electron chi connectivity index (χ0n) is 8.40. The summed E-state index contributed by atoms with van der Waals surface area (Å²) in [5.41, 5.74) is 0.228. The molecule has 6 heteroatoms. The molecule has 16 heavy (non-hydrogen) atoms. The van der Waals surface area contributed by atoms with Crippen molar-refractivity contribution in [2.45, 2.75) is 13.0 Å². The smallest absolute Gasteiger partial charge is 0.325 e. The first-order valence-electron chi connectivity index (χ1n) is 4.44. The van der Waals surface area contributed by atoms with Gasteiger partial charge in [0.1, 0.15) is 11.8 Å². The van der Waals surface area contributed by atoms with Crippen LogP contribution in [0.15, 0.2) is 18.2 Å². The quantitative estimate of drug-likeness (QED) is 0.725. The summed E-state index contributed by atoms with van der Waals surface area (Å²) >= 11 is 1.92. The summed E-state index contributed by atoms with van der Waals surface area (Å²) < 4.78 is 0.625.